The third-order valence-electron chi connectivity index (χ3n) is 5.94. The third-order valence-corrected chi connectivity index (χ3v) is 6.47. The second-order valence-electron chi connectivity index (χ2n) is 8.13. The van der Waals surface area contributed by atoms with Gasteiger partial charge in [0.25, 0.3) is 0 Å². The van der Waals surface area contributed by atoms with Crippen LogP contribution in [0.15, 0.2) is 63.6 Å². The minimum atomic E-state index is 0.225. The zero-order chi connectivity index (χ0) is 21.5. The number of carbonyl (C=O) groups excluding carboxylic acids is 1. The first-order valence-electron chi connectivity index (χ1n) is 11.1. The van der Waals surface area contributed by atoms with Crippen LogP contribution in [0.4, 0.5) is 0 Å². The van der Waals surface area contributed by atoms with Gasteiger partial charge in [0.05, 0.1) is 0 Å². The average molecular weight is 482 g/mol. The van der Waals surface area contributed by atoms with Crippen LogP contribution >= 0.6 is 15.9 Å². The fourth-order valence-electron chi connectivity index (χ4n) is 4.23. The Kier molecular flexibility index (Phi) is 7.52. The SMILES string of the molecule is O=C(CCc1ccccc1)N(CCc1nc(-c2ccc(Br)cc2)no1)C1CCCCC1. The first-order chi connectivity index (χ1) is 15.2. The summed E-state index contributed by atoms with van der Waals surface area (Å²) in [4.78, 5) is 19.8. The fraction of sp³-hybridized carbons (Fsp3) is 0.400. The largest absolute Gasteiger partial charge is 0.339 e. The molecule has 1 amide bonds. The van der Waals surface area contributed by atoms with E-state index in [4.69, 9.17) is 4.52 Å². The van der Waals surface area contributed by atoms with Crippen molar-refractivity contribution in [3.8, 4) is 11.4 Å². The molecule has 162 valence electrons. The third kappa shape index (κ3) is 6.03. The molecule has 6 heteroatoms. The number of hydrogen-bond acceptors (Lipinski definition) is 4. The molecule has 0 saturated heterocycles. The van der Waals surface area contributed by atoms with Crippen LogP contribution in [0, 0.1) is 0 Å². The molecule has 31 heavy (non-hydrogen) atoms. The standard InChI is InChI=1S/C25H28BrN3O2/c26-21-14-12-20(13-15-21)25-27-23(31-28-25)17-18-29(22-9-5-2-6-10-22)24(30)16-11-19-7-3-1-4-8-19/h1,3-4,7-8,12-15,22H,2,5-6,9-11,16-18H2. The molecule has 1 fully saturated rings. The molecule has 0 unspecified atom stereocenters. The zero-order valence-corrected chi connectivity index (χ0v) is 19.3. The van der Waals surface area contributed by atoms with Crippen LogP contribution in [0.2, 0.25) is 0 Å². The van der Waals surface area contributed by atoms with Crippen molar-refractivity contribution in [2.75, 3.05) is 6.54 Å². The molecule has 0 radical (unpaired) electrons. The van der Waals surface area contributed by atoms with Gasteiger partial charge in [-0.15, -0.1) is 0 Å². The van der Waals surface area contributed by atoms with Crippen molar-refractivity contribution >= 4 is 21.8 Å². The highest BCUT2D eigenvalue weighted by molar-refractivity contribution is 9.10. The summed E-state index contributed by atoms with van der Waals surface area (Å²) in [6, 6.07) is 18.4. The number of benzene rings is 2. The number of rotatable bonds is 8. The van der Waals surface area contributed by atoms with E-state index in [0.29, 0.717) is 37.1 Å². The van der Waals surface area contributed by atoms with E-state index in [0.717, 1.165) is 29.3 Å². The fourth-order valence-corrected chi connectivity index (χ4v) is 4.50. The lowest BCUT2D eigenvalue weighted by atomic mass is 9.93. The maximum Gasteiger partial charge on any atom is 0.228 e. The molecular formula is C25H28BrN3O2. The molecule has 0 aliphatic heterocycles. The van der Waals surface area contributed by atoms with Crippen molar-refractivity contribution in [1.29, 1.82) is 0 Å². The van der Waals surface area contributed by atoms with Crippen molar-refractivity contribution in [1.82, 2.24) is 15.0 Å². The summed E-state index contributed by atoms with van der Waals surface area (Å²) < 4.78 is 6.50. The lowest BCUT2D eigenvalue weighted by Gasteiger charge is -2.34. The molecule has 1 aliphatic carbocycles. The van der Waals surface area contributed by atoms with Gasteiger partial charge in [0, 0.05) is 35.5 Å². The number of hydrogen-bond donors (Lipinski definition) is 0. The molecule has 1 aromatic heterocycles. The van der Waals surface area contributed by atoms with Gasteiger partial charge in [0.1, 0.15) is 0 Å². The van der Waals surface area contributed by atoms with Crippen molar-refractivity contribution < 1.29 is 9.32 Å². The first-order valence-corrected chi connectivity index (χ1v) is 11.9. The minimum Gasteiger partial charge on any atom is -0.339 e. The maximum absolute atomic E-state index is 13.2. The lowest BCUT2D eigenvalue weighted by molar-refractivity contribution is -0.134. The summed E-state index contributed by atoms with van der Waals surface area (Å²) in [5.74, 6) is 1.39. The van der Waals surface area contributed by atoms with Crippen molar-refractivity contribution in [3.05, 3.63) is 70.5 Å². The van der Waals surface area contributed by atoms with E-state index < -0.39 is 0 Å². The topological polar surface area (TPSA) is 59.2 Å². The molecular weight excluding hydrogens is 454 g/mol. The Morgan fingerprint density at radius 1 is 1.00 bits per heavy atom. The molecule has 5 nitrogen and oxygen atoms in total. The Bertz CT molecular complexity index is 966. The summed E-state index contributed by atoms with van der Waals surface area (Å²) in [5, 5.41) is 4.12. The van der Waals surface area contributed by atoms with Gasteiger partial charge in [-0.2, -0.15) is 4.98 Å². The molecule has 0 atom stereocenters. The van der Waals surface area contributed by atoms with Gasteiger partial charge >= 0.3 is 0 Å². The number of nitrogens with zero attached hydrogens (tertiary/aromatic N) is 3. The van der Waals surface area contributed by atoms with Crippen LogP contribution < -0.4 is 0 Å². The quantitative estimate of drug-likeness (QED) is 0.405. The Labute approximate surface area is 192 Å². The molecule has 4 rings (SSSR count). The number of aromatic nitrogens is 2. The van der Waals surface area contributed by atoms with E-state index >= 15 is 0 Å². The molecule has 0 spiro atoms. The van der Waals surface area contributed by atoms with Crippen LogP contribution in [0.25, 0.3) is 11.4 Å². The van der Waals surface area contributed by atoms with Crippen LogP contribution in [0.1, 0.15) is 50.0 Å². The Morgan fingerprint density at radius 3 is 2.48 bits per heavy atom. The Balaban J connectivity index is 1.40. The first kappa shape index (κ1) is 21.8. The Morgan fingerprint density at radius 2 is 1.74 bits per heavy atom. The number of halogens is 1. The average Bonchev–Trinajstić information content (AvgIpc) is 3.29. The highest BCUT2D eigenvalue weighted by Crippen LogP contribution is 2.24. The van der Waals surface area contributed by atoms with Crippen LogP contribution in [-0.2, 0) is 17.6 Å². The maximum atomic E-state index is 13.2. The monoisotopic (exact) mass is 481 g/mol. The van der Waals surface area contributed by atoms with Gasteiger partial charge in [-0.1, -0.05) is 70.7 Å². The second-order valence-corrected chi connectivity index (χ2v) is 9.05. The van der Waals surface area contributed by atoms with E-state index in [1.54, 1.807) is 0 Å². The highest BCUT2D eigenvalue weighted by atomic mass is 79.9. The van der Waals surface area contributed by atoms with Crippen molar-refractivity contribution in [2.45, 2.75) is 57.4 Å². The summed E-state index contributed by atoms with van der Waals surface area (Å²) >= 11 is 3.44. The van der Waals surface area contributed by atoms with Gasteiger partial charge in [-0.25, -0.2) is 0 Å². The van der Waals surface area contributed by atoms with E-state index in [1.165, 1.54) is 24.8 Å². The Hall–Kier alpha value is -2.47. The van der Waals surface area contributed by atoms with Crippen molar-refractivity contribution in [3.63, 3.8) is 0 Å². The predicted molar refractivity (Wildman–Crippen MR) is 124 cm³/mol. The summed E-state index contributed by atoms with van der Waals surface area (Å²) in [5.41, 5.74) is 2.12. The number of amides is 1. The summed E-state index contributed by atoms with van der Waals surface area (Å²) in [6.45, 7) is 0.625. The minimum absolute atomic E-state index is 0.225. The van der Waals surface area contributed by atoms with Crippen LogP contribution in [0.5, 0.6) is 0 Å². The zero-order valence-electron chi connectivity index (χ0n) is 17.7. The van der Waals surface area contributed by atoms with Gasteiger partial charge in [0.15, 0.2) is 0 Å². The van der Waals surface area contributed by atoms with E-state index in [9.17, 15) is 4.79 Å². The van der Waals surface area contributed by atoms with Gasteiger partial charge in [0.2, 0.25) is 17.6 Å². The van der Waals surface area contributed by atoms with E-state index in [-0.39, 0.29) is 5.91 Å². The van der Waals surface area contributed by atoms with Crippen molar-refractivity contribution in [2.24, 2.45) is 0 Å². The molecule has 0 bridgehead atoms. The molecule has 1 aliphatic rings. The smallest absolute Gasteiger partial charge is 0.228 e. The second kappa shape index (κ2) is 10.7. The molecule has 3 aromatic rings. The van der Waals surface area contributed by atoms with Crippen LogP contribution in [0.3, 0.4) is 0 Å². The normalized spacial score (nSPS) is 14.5. The highest BCUT2D eigenvalue weighted by Gasteiger charge is 2.25. The van der Waals surface area contributed by atoms with Crippen LogP contribution in [-0.4, -0.2) is 33.5 Å². The lowest BCUT2D eigenvalue weighted by Crippen LogP contribution is -2.42. The van der Waals surface area contributed by atoms with Gasteiger partial charge in [-0.05, 0) is 49.1 Å². The molecule has 1 saturated carbocycles. The van der Waals surface area contributed by atoms with Gasteiger partial charge in [-0.3, -0.25) is 4.79 Å². The molecule has 2 aromatic carbocycles. The molecule has 1 heterocycles. The van der Waals surface area contributed by atoms with Gasteiger partial charge < -0.3 is 9.42 Å². The number of aryl methyl sites for hydroxylation is 1. The molecule has 0 N–H and O–H groups in total. The van der Waals surface area contributed by atoms with E-state index in [2.05, 4.69) is 43.1 Å². The van der Waals surface area contributed by atoms with E-state index in [1.807, 2.05) is 42.5 Å². The summed E-state index contributed by atoms with van der Waals surface area (Å²) in [7, 11) is 0. The predicted octanol–water partition coefficient (Wildman–Crippen LogP) is 5.84. The summed E-state index contributed by atoms with van der Waals surface area (Å²) in [6.07, 6.45) is 7.73. The number of carbonyl (C=O) groups is 1.